The number of ether oxygens (including phenoxy) is 1. The maximum atomic E-state index is 12.9. The number of carbonyl (C=O) groups is 1. The highest BCUT2D eigenvalue weighted by atomic mass is 35.5. The molecule has 1 saturated carbocycles. The zero-order valence-corrected chi connectivity index (χ0v) is 19.4. The Morgan fingerprint density at radius 2 is 1.71 bits per heavy atom. The van der Waals surface area contributed by atoms with E-state index in [1.54, 1.807) is 0 Å². The fraction of sp³-hybridized carbons (Fsp3) is 0.214. The van der Waals surface area contributed by atoms with Gasteiger partial charge < -0.3 is 14.6 Å². The third-order valence-corrected chi connectivity index (χ3v) is 6.13. The first-order valence-electron chi connectivity index (χ1n) is 11.4. The number of nitrogens with one attached hydrogen (secondary N) is 1. The van der Waals surface area contributed by atoms with Crippen LogP contribution in [0.15, 0.2) is 89.5 Å². The molecule has 0 aliphatic heterocycles. The van der Waals surface area contributed by atoms with Crippen molar-refractivity contribution in [2.45, 2.75) is 37.8 Å². The van der Waals surface area contributed by atoms with Crippen LogP contribution in [0.2, 0.25) is 5.02 Å². The van der Waals surface area contributed by atoms with Crippen molar-refractivity contribution in [2.24, 2.45) is 0 Å². The summed E-state index contributed by atoms with van der Waals surface area (Å²) in [5.41, 5.74) is 3.69. The summed E-state index contributed by atoms with van der Waals surface area (Å²) in [5, 5.41) is 7.90. The Morgan fingerprint density at radius 1 is 1.00 bits per heavy atom. The summed E-state index contributed by atoms with van der Waals surface area (Å²) >= 11 is 6.06. The SMILES string of the molecule is O=C(Cc1ccc(OCc2cc(C3CC3)on2)cc1)NC(c1ccccc1)c1ccc(Cl)cc1. The maximum absolute atomic E-state index is 12.9. The van der Waals surface area contributed by atoms with E-state index in [9.17, 15) is 4.79 Å². The fourth-order valence-electron chi connectivity index (χ4n) is 3.87. The molecular formula is C28H25ClN2O3. The van der Waals surface area contributed by atoms with E-state index in [-0.39, 0.29) is 18.4 Å². The minimum atomic E-state index is -0.253. The van der Waals surface area contributed by atoms with E-state index in [1.807, 2.05) is 84.9 Å². The van der Waals surface area contributed by atoms with Crippen molar-refractivity contribution in [3.63, 3.8) is 0 Å². The van der Waals surface area contributed by atoms with Crippen molar-refractivity contribution in [3.05, 3.63) is 118 Å². The van der Waals surface area contributed by atoms with E-state index in [4.69, 9.17) is 20.9 Å². The molecule has 34 heavy (non-hydrogen) atoms. The van der Waals surface area contributed by atoms with Crippen molar-refractivity contribution in [2.75, 3.05) is 0 Å². The topological polar surface area (TPSA) is 64.4 Å². The number of halogens is 1. The van der Waals surface area contributed by atoms with Crippen LogP contribution in [-0.2, 0) is 17.8 Å². The molecule has 1 aliphatic carbocycles. The van der Waals surface area contributed by atoms with E-state index < -0.39 is 0 Å². The van der Waals surface area contributed by atoms with Crippen LogP contribution in [0, 0.1) is 0 Å². The van der Waals surface area contributed by atoms with Crippen LogP contribution in [0.25, 0.3) is 0 Å². The Hall–Kier alpha value is -3.57. The van der Waals surface area contributed by atoms with Gasteiger partial charge in [-0.2, -0.15) is 0 Å². The molecule has 1 N–H and O–H groups in total. The summed E-state index contributed by atoms with van der Waals surface area (Å²) in [6.45, 7) is 0.357. The fourth-order valence-corrected chi connectivity index (χ4v) is 4.00. The average molecular weight is 473 g/mol. The molecule has 1 heterocycles. The standard InChI is InChI=1S/C28H25ClN2O3/c29-23-12-10-22(11-13-23)28(21-4-2-1-3-5-21)30-27(32)16-19-6-14-25(15-7-19)33-18-24-17-26(34-31-24)20-8-9-20/h1-7,10-15,17,20,28H,8-9,16,18H2,(H,30,32). The normalized spacial score (nSPS) is 13.9. The van der Waals surface area contributed by atoms with E-state index in [2.05, 4.69) is 10.5 Å². The van der Waals surface area contributed by atoms with Crippen molar-refractivity contribution in [1.29, 1.82) is 0 Å². The highest BCUT2D eigenvalue weighted by Gasteiger charge is 2.27. The molecule has 4 aromatic rings. The molecule has 3 aromatic carbocycles. The summed E-state index contributed by atoms with van der Waals surface area (Å²) in [5.74, 6) is 2.15. The van der Waals surface area contributed by atoms with Gasteiger partial charge in [-0.25, -0.2) is 0 Å². The highest BCUT2D eigenvalue weighted by Crippen LogP contribution is 2.40. The number of benzene rings is 3. The molecule has 1 amide bonds. The van der Waals surface area contributed by atoms with E-state index in [0.29, 0.717) is 17.5 Å². The van der Waals surface area contributed by atoms with Gasteiger partial charge in [0.05, 0.1) is 12.5 Å². The van der Waals surface area contributed by atoms with Gasteiger partial charge in [0.15, 0.2) is 0 Å². The summed E-state index contributed by atoms with van der Waals surface area (Å²) in [7, 11) is 0. The lowest BCUT2D eigenvalue weighted by Crippen LogP contribution is -2.30. The quantitative estimate of drug-likeness (QED) is 0.313. The monoisotopic (exact) mass is 472 g/mol. The first kappa shape index (κ1) is 22.2. The zero-order valence-electron chi connectivity index (χ0n) is 18.6. The molecule has 172 valence electrons. The number of rotatable bonds is 9. The Labute approximate surface area is 203 Å². The van der Waals surface area contributed by atoms with Crippen molar-refractivity contribution in [3.8, 4) is 5.75 Å². The molecule has 1 aliphatic rings. The van der Waals surface area contributed by atoms with Gasteiger partial charge in [-0.15, -0.1) is 0 Å². The summed E-state index contributed by atoms with van der Waals surface area (Å²) < 4.78 is 11.2. The minimum Gasteiger partial charge on any atom is -0.487 e. The van der Waals surface area contributed by atoms with Gasteiger partial charge in [0.2, 0.25) is 5.91 Å². The highest BCUT2D eigenvalue weighted by molar-refractivity contribution is 6.30. The van der Waals surface area contributed by atoms with Gasteiger partial charge in [0.25, 0.3) is 0 Å². The van der Waals surface area contributed by atoms with Crippen molar-refractivity contribution in [1.82, 2.24) is 10.5 Å². The van der Waals surface area contributed by atoms with Crippen LogP contribution in [0.4, 0.5) is 0 Å². The van der Waals surface area contributed by atoms with E-state index in [0.717, 1.165) is 33.9 Å². The molecule has 6 heteroatoms. The number of nitrogens with zero attached hydrogens (tertiary/aromatic N) is 1. The van der Waals surface area contributed by atoms with E-state index >= 15 is 0 Å². The number of hydrogen-bond acceptors (Lipinski definition) is 4. The number of carbonyl (C=O) groups excluding carboxylic acids is 1. The predicted octanol–water partition coefficient (Wildman–Crippen LogP) is 6.23. The zero-order chi connectivity index (χ0) is 23.3. The Kier molecular flexibility index (Phi) is 6.63. The molecule has 1 fully saturated rings. The lowest BCUT2D eigenvalue weighted by molar-refractivity contribution is -0.120. The van der Waals surface area contributed by atoms with Gasteiger partial charge in [-0.1, -0.05) is 71.4 Å². The van der Waals surface area contributed by atoms with Crippen LogP contribution in [0.3, 0.4) is 0 Å². The number of aromatic nitrogens is 1. The Morgan fingerprint density at radius 3 is 2.41 bits per heavy atom. The van der Waals surface area contributed by atoms with Crippen LogP contribution in [0.1, 0.15) is 52.9 Å². The molecule has 1 unspecified atom stereocenters. The number of amides is 1. The van der Waals surface area contributed by atoms with Gasteiger partial charge in [-0.05, 0) is 53.8 Å². The lowest BCUT2D eigenvalue weighted by Gasteiger charge is -2.20. The summed E-state index contributed by atoms with van der Waals surface area (Å²) in [4.78, 5) is 12.9. The van der Waals surface area contributed by atoms with Crippen LogP contribution in [0.5, 0.6) is 5.75 Å². The molecular weight excluding hydrogens is 448 g/mol. The molecule has 0 radical (unpaired) electrons. The predicted molar refractivity (Wildman–Crippen MR) is 131 cm³/mol. The molecule has 1 aromatic heterocycles. The van der Waals surface area contributed by atoms with E-state index in [1.165, 1.54) is 12.8 Å². The van der Waals surface area contributed by atoms with Gasteiger partial charge in [0, 0.05) is 17.0 Å². The number of hydrogen-bond donors (Lipinski definition) is 1. The second-order valence-corrected chi connectivity index (χ2v) is 9.00. The first-order valence-corrected chi connectivity index (χ1v) is 11.8. The molecule has 0 saturated heterocycles. The van der Waals surface area contributed by atoms with Crippen LogP contribution < -0.4 is 10.1 Å². The summed E-state index contributed by atoms with van der Waals surface area (Å²) in [6.07, 6.45) is 2.62. The van der Waals surface area contributed by atoms with Gasteiger partial charge in [0.1, 0.15) is 23.8 Å². The largest absolute Gasteiger partial charge is 0.487 e. The van der Waals surface area contributed by atoms with Crippen LogP contribution >= 0.6 is 11.6 Å². The average Bonchev–Trinajstić information content (AvgIpc) is 3.61. The Balaban J connectivity index is 1.19. The smallest absolute Gasteiger partial charge is 0.225 e. The molecule has 5 rings (SSSR count). The first-order chi connectivity index (χ1) is 16.6. The maximum Gasteiger partial charge on any atom is 0.225 e. The lowest BCUT2D eigenvalue weighted by atomic mass is 9.98. The van der Waals surface area contributed by atoms with Gasteiger partial charge in [-0.3, -0.25) is 4.79 Å². The second kappa shape index (κ2) is 10.1. The molecule has 1 atom stereocenters. The second-order valence-electron chi connectivity index (χ2n) is 8.57. The third kappa shape index (κ3) is 5.67. The van der Waals surface area contributed by atoms with Crippen molar-refractivity contribution >= 4 is 17.5 Å². The molecule has 5 nitrogen and oxygen atoms in total. The minimum absolute atomic E-state index is 0.0623. The summed E-state index contributed by atoms with van der Waals surface area (Å²) in [6, 6.07) is 26.7. The van der Waals surface area contributed by atoms with Gasteiger partial charge >= 0.3 is 0 Å². The van der Waals surface area contributed by atoms with Crippen LogP contribution in [-0.4, -0.2) is 11.1 Å². The third-order valence-electron chi connectivity index (χ3n) is 5.87. The molecule has 0 spiro atoms. The Bertz CT molecular complexity index is 1230. The van der Waals surface area contributed by atoms with Crippen molar-refractivity contribution < 1.29 is 14.1 Å². The molecule has 0 bridgehead atoms.